The van der Waals surface area contributed by atoms with Crippen LogP contribution in [0.15, 0.2) is 42.0 Å². The van der Waals surface area contributed by atoms with Gasteiger partial charge in [0.15, 0.2) is 0 Å². The summed E-state index contributed by atoms with van der Waals surface area (Å²) in [5, 5.41) is 2.75. The number of hydrogen-bond donors (Lipinski definition) is 0. The molecule has 1 aliphatic carbocycles. The van der Waals surface area contributed by atoms with Crippen LogP contribution in [0.1, 0.15) is 25.0 Å². The lowest BCUT2D eigenvalue weighted by molar-refractivity contribution is 0.754. The highest BCUT2D eigenvalue weighted by Gasteiger charge is 2.16. The first-order chi connectivity index (χ1) is 7.75. The van der Waals surface area contributed by atoms with Gasteiger partial charge in [0.25, 0.3) is 0 Å². The normalized spacial score (nSPS) is 14.3. The molecule has 80 valence electrons. The van der Waals surface area contributed by atoms with E-state index in [1.54, 1.807) is 5.57 Å². The van der Waals surface area contributed by atoms with Gasteiger partial charge in [-0.05, 0) is 34.2 Å². The summed E-state index contributed by atoms with van der Waals surface area (Å²) in [4.78, 5) is 0. The lowest BCUT2D eigenvalue weighted by atomic mass is 10.00. The minimum absolute atomic E-state index is 0.658. The molecule has 0 amide bonds. The molecule has 0 radical (unpaired) electrons. The van der Waals surface area contributed by atoms with E-state index < -0.39 is 0 Å². The first kappa shape index (κ1) is 9.65. The molecule has 0 fully saturated rings. The summed E-state index contributed by atoms with van der Waals surface area (Å²) >= 11 is 0. The third-order valence-electron chi connectivity index (χ3n) is 3.53. The van der Waals surface area contributed by atoms with E-state index in [0.29, 0.717) is 5.92 Å². The van der Waals surface area contributed by atoms with Crippen molar-refractivity contribution in [1.29, 1.82) is 0 Å². The average molecular weight is 208 g/mol. The van der Waals surface area contributed by atoms with Crippen LogP contribution in [0, 0.1) is 5.92 Å². The maximum atomic E-state index is 2.39. The third-order valence-corrected chi connectivity index (χ3v) is 3.53. The van der Waals surface area contributed by atoms with Gasteiger partial charge in [-0.2, -0.15) is 0 Å². The average Bonchev–Trinajstić information content (AvgIpc) is 2.73. The fourth-order valence-electron chi connectivity index (χ4n) is 2.49. The molecular weight excluding hydrogens is 192 g/mol. The van der Waals surface area contributed by atoms with Gasteiger partial charge in [-0.3, -0.25) is 0 Å². The SMILES string of the molecule is CC(C)C1=Cc2c(ccc3ccccc23)C1. The highest BCUT2D eigenvalue weighted by Crippen LogP contribution is 2.34. The first-order valence-corrected chi connectivity index (χ1v) is 5.97. The summed E-state index contributed by atoms with van der Waals surface area (Å²) in [7, 11) is 0. The van der Waals surface area contributed by atoms with Crippen LogP contribution in [0.25, 0.3) is 16.8 Å². The van der Waals surface area contributed by atoms with Gasteiger partial charge in [-0.25, -0.2) is 0 Å². The van der Waals surface area contributed by atoms with Gasteiger partial charge in [-0.1, -0.05) is 61.9 Å². The molecule has 0 unspecified atom stereocenters. The van der Waals surface area contributed by atoms with Gasteiger partial charge in [0, 0.05) is 0 Å². The van der Waals surface area contributed by atoms with Crippen LogP contribution < -0.4 is 0 Å². The summed E-state index contributed by atoms with van der Waals surface area (Å²) < 4.78 is 0. The van der Waals surface area contributed by atoms with Crippen molar-refractivity contribution in [3.05, 3.63) is 53.1 Å². The molecule has 0 bridgehead atoms. The Hall–Kier alpha value is -1.56. The molecule has 0 heterocycles. The summed E-state index contributed by atoms with van der Waals surface area (Å²) in [5.74, 6) is 0.658. The van der Waals surface area contributed by atoms with E-state index in [2.05, 4.69) is 56.3 Å². The van der Waals surface area contributed by atoms with Gasteiger partial charge in [0.2, 0.25) is 0 Å². The second kappa shape index (κ2) is 3.48. The van der Waals surface area contributed by atoms with Crippen molar-refractivity contribution in [2.45, 2.75) is 20.3 Å². The van der Waals surface area contributed by atoms with Gasteiger partial charge in [0.05, 0.1) is 0 Å². The smallest absolute Gasteiger partial charge is 0.00550 e. The zero-order chi connectivity index (χ0) is 11.1. The molecule has 16 heavy (non-hydrogen) atoms. The Morgan fingerprint density at radius 3 is 2.62 bits per heavy atom. The maximum Gasteiger partial charge on any atom is -0.00550 e. The first-order valence-electron chi connectivity index (χ1n) is 5.97. The Bertz CT molecular complexity index is 574. The number of fused-ring (bicyclic) bond motifs is 3. The fourth-order valence-corrected chi connectivity index (χ4v) is 2.49. The Morgan fingerprint density at radius 1 is 1.00 bits per heavy atom. The van der Waals surface area contributed by atoms with E-state index in [9.17, 15) is 0 Å². The molecule has 0 heteroatoms. The summed E-state index contributed by atoms with van der Waals surface area (Å²) in [6.07, 6.45) is 3.53. The number of rotatable bonds is 1. The minimum Gasteiger partial charge on any atom is -0.0626 e. The Kier molecular flexibility index (Phi) is 2.10. The lowest BCUT2D eigenvalue weighted by Gasteiger charge is -2.05. The summed E-state index contributed by atoms with van der Waals surface area (Å²) in [6, 6.07) is 13.2. The van der Waals surface area contributed by atoms with Crippen molar-refractivity contribution < 1.29 is 0 Å². The highest BCUT2D eigenvalue weighted by atomic mass is 14.2. The fraction of sp³-hybridized carbons (Fsp3) is 0.250. The zero-order valence-corrected chi connectivity index (χ0v) is 9.83. The summed E-state index contributed by atoms with van der Waals surface area (Å²) in [5.41, 5.74) is 4.50. The quantitative estimate of drug-likeness (QED) is 0.650. The predicted molar refractivity (Wildman–Crippen MR) is 70.5 cm³/mol. The molecule has 0 atom stereocenters. The van der Waals surface area contributed by atoms with Crippen molar-refractivity contribution in [3.8, 4) is 0 Å². The standard InChI is InChI=1S/C16H16/c1-11(2)14-9-13-8-7-12-5-3-4-6-15(12)16(13)10-14/h3-8,10-11H,9H2,1-2H3. The topological polar surface area (TPSA) is 0 Å². The maximum absolute atomic E-state index is 2.39. The molecule has 0 saturated heterocycles. The molecule has 2 aromatic carbocycles. The van der Waals surface area contributed by atoms with Crippen LogP contribution in [0.3, 0.4) is 0 Å². The molecule has 0 N–H and O–H groups in total. The molecular formula is C16H16. The van der Waals surface area contributed by atoms with Crippen molar-refractivity contribution in [2.24, 2.45) is 5.92 Å². The van der Waals surface area contributed by atoms with Crippen molar-refractivity contribution >= 4 is 16.8 Å². The number of allylic oxidation sites excluding steroid dienone is 1. The van der Waals surface area contributed by atoms with Crippen molar-refractivity contribution in [1.82, 2.24) is 0 Å². The van der Waals surface area contributed by atoms with Crippen LogP contribution >= 0.6 is 0 Å². The van der Waals surface area contributed by atoms with Gasteiger partial charge < -0.3 is 0 Å². The largest absolute Gasteiger partial charge is 0.0626 e. The number of benzene rings is 2. The molecule has 2 aromatic rings. The highest BCUT2D eigenvalue weighted by molar-refractivity contribution is 5.93. The Labute approximate surface area is 96.6 Å². The van der Waals surface area contributed by atoms with Crippen LogP contribution in [-0.2, 0) is 6.42 Å². The molecule has 0 aliphatic heterocycles. The van der Waals surface area contributed by atoms with Crippen LogP contribution in [0.4, 0.5) is 0 Å². The molecule has 0 spiro atoms. The third kappa shape index (κ3) is 1.37. The van der Waals surface area contributed by atoms with Gasteiger partial charge >= 0.3 is 0 Å². The van der Waals surface area contributed by atoms with E-state index in [-0.39, 0.29) is 0 Å². The van der Waals surface area contributed by atoms with Crippen LogP contribution in [0.2, 0.25) is 0 Å². The van der Waals surface area contributed by atoms with E-state index in [1.165, 1.54) is 21.9 Å². The van der Waals surface area contributed by atoms with Gasteiger partial charge in [0.1, 0.15) is 0 Å². The van der Waals surface area contributed by atoms with Crippen LogP contribution in [-0.4, -0.2) is 0 Å². The lowest BCUT2D eigenvalue weighted by Crippen LogP contribution is -1.92. The van der Waals surface area contributed by atoms with Crippen molar-refractivity contribution in [2.75, 3.05) is 0 Å². The summed E-state index contributed by atoms with van der Waals surface area (Å²) in [6.45, 7) is 4.56. The Morgan fingerprint density at radius 2 is 1.81 bits per heavy atom. The number of hydrogen-bond acceptors (Lipinski definition) is 0. The molecule has 0 aromatic heterocycles. The molecule has 0 nitrogen and oxygen atoms in total. The van der Waals surface area contributed by atoms with Gasteiger partial charge in [-0.15, -0.1) is 0 Å². The second-order valence-electron chi connectivity index (χ2n) is 4.91. The van der Waals surface area contributed by atoms with E-state index in [4.69, 9.17) is 0 Å². The minimum atomic E-state index is 0.658. The van der Waals surface area contributed by atoms with E-state index in [1.807, 2.05) is 0 Å². The second-order valence-corrected chi connectivity index (χ2v) is 4.91. The van der Waals surface area contributed by atoms with Crippen molar-refractivity contribution in [3.63, 3.8) is 0 Å². The molecule has 3 rings (SSSR count). The molecule has 1 aliphatic rings. The van der Waals surface area contributed by atoms with E-state index >= 15 is 0 Å². The monoisotopic (exact) mass is 208 g/mol. The Balaban J connectivity index is 2.25. The predicted octanol–water partition coefficient (Wildman–Crippen LogP) is 4.44. The molecule has 0 saturated carbocycles. The van der Waals surface area contributed by atoms with Crippen LogP contribution in [0.5, 0.6) is 0 Å². The zero-order valence-electron chi connectivity index (χ0n) is 9.83. The van der Waals surface area contributed by atoms with E-state index in [0.717, 1.165) is 6.42 Å².